The maximum Gasteiger partial charge on any atom is 0.252 e. The minimum Gasteiger partial charge on any atom is -0.396 e. The third kappa shape index (κ3) is 3.73. The van der Waals surface area contributed by atoms with E-state index in [1.807, 2.05) is 0 Å². The highest BCUT2D eigenvalue weighted by atomic mass is 19.1. The minimum absolute atomic E-state index is 0.179. The monoisotopic (exact) mass is 266 g/mol. The van der Waals surface area contributed by atoms with E-state index in [4.69, 9.17) is 0 Å². The Labute approximate surface area is 112 Å². The predicted molar refractivity (Wildman–Crippen MR) is 69.1 cm³/mol. The zero-order chi connectivity index (χ0) is 13.7. The van der Waals surface area contributed by atoms with E-state index in [-0.39, 0.29) is 18.4 Å². The zero-order valence-corrected chi connectivity index (χ0v) is 10.8. The van der Waals surface area contributed by atoms with Gasteiger partial charge in [0.05, 0.1) is 5.56 Å². The van der Waals surface area contributed by atoms with Crippen LogP contribution in [0.5, 0.6) is 0 Å². The molecule has 0 radical (unpaired) electrons. The summed E-state index contributed by atoms with van der Waals surface area (Å²) in [4.78, 5) is 15.3. The lowest BCUT2D eigenvalue weighted by molar-refractivity contribution is 0.0909. The summed E-state index contributed by atoms with van der Waals surface area (Å²) in [6.07, 6.45) is 5.59. The molecule has 1 saturated carbocycles. The van der Waals surface area contributed by atoms with Gasteiger partial charge in [-0.15, -0.1) is 0 Å². The van der Waals surface area contributed by atoms with Crippen molar-refractivity contribution in [2.75, 3.05) is 13.2 Å². The van der Waals surface area contributed by atoms with Crippen molar-refractivity contribution >= 4 is 5.91 Å². The normalized spacial score (nSPS) is 23.1. The topological polar surface area (TPSA) is 62.2 Å². The fourth-order valence-corrected chi connectivity index (χ4v) is 2.63. The molecule has 1 aliphatic carbocycles. The summed E-state index contributed by atoms with van der Waals surface area (Å²) in [5.74, 6) is -0.226. The van der Waals surface area contributed by atoms with Crippen LogP contribution in [0.4, 0.5) is 4.39 Å². The molecule has 4 nitrogen and oxygen atoms in total. The summed E-state index contributed by atoms with van der Waals surface area (Å²) in [6, 6.07) is 2.59. The van der Waals surface area contributed by atoms with E-state index in [2.05, 4.69) is 10.3 Å². The van der Waals surface area contributed by atoms with Gasteiger partial charge in [-0.3, -0.25) is 4.79 Å². The molecule has 1 fully saturated rings. The number of nitrogens with zero attached hydrogens (tertiary/aromatic N) is 1. The van der Waals surface area contributed by atoms with Crippen molar-refractivity contribution in [1.82, 2.24) is 10.3 Å². The highest BCUT2D eigenvalue weighted by Gasteiger charge is 2.24. The lowest BCUT2D eigenvalue weighted by atomic mass is 9.79. The molecular weight excluding hydrogens is 247 g/mol. The molecule has 2 unspecified atom stereocenters. The molecule has 0 saturated heterocycles. The third-order valence-electron chi connectivity index (χ3n) is 3.82. The van der Waals surface area contributed by atoms with Crippen LogP contribution in [-0.4, -0.2) is 29.1 Å². The number of aliphatic hydroxyl groups is 1. The largest absolute Gasteiger partial charge is 0.396 e. The van der Waals surface area contributed by atoms with Crippen LogP contribution < -0.4 is 5.32 Å². The molecule has 19 heavy (non-hydrogen) atoms. The lowest BCUT2D eigenvalue weighted by Crippen LogP contribution is -2.35. The van der Waals surface area contributed by atoms with Gasteiger partial charge in [-0.25, -0.2) is 4.98 Å². The molecule has 0 bridgehead atoms. The van der Waals surface area contributed by atoms with Gasteiger partial charge in [0, 0.05) is 19.3 Å². The van der Waals surface area contributed by atoms with Crippen molar-refractivity contribution in [2.24, 2.45) is 11.8 Å². The van der Waals surface area contributed by atoms with Crippen molar-refractivity contribution in [2.45, 2.75) is 25.7 Å². The average Bonchev–Trinajstić information content (AvgIpc) is 2.45. The number of nitrogens with one attached hydrogen (secondary N) is 1. The van der Waals surface area contributed by atoms with Crippen molar-refractivity contribution in [3.63, 3.8) is 0 Å². The maximum absolute atomic E-state index is 12.7. The Bertz CT molecular complexity index is 422. The summed E-state index contributed by atoms with van der Waals surface area (Å²) in [5.41, 5.74) is 0.359. The second kappa shape index (κ2) is 6.61. The van der Waals surface area contributed by atoms with Gasteiger partial charge >= 0.3 is 0 Å². The van der Waals surface area contributed by atoms with Crippen LogP contribution in [0.3, 0.4) is 0 Å². The molecule has 2 N–H and O–H groups in total. The molecule has 1 aromatic rings. The molecule has 0 aliphatic heterocycles. The van der Waals surface area contributed by atoms with Crippen LogP contribution in [0, 0.1) is 17.8 Å². The standard InChI is InChI=1S/C14H19FN2O2/c15-13-6-5-11(8-16-13)14(19)17-7-10-3-1-2-4-12(10)9-18/h5-6,8,10,12,18H,1-4,7,9H2,(H,17,19). The van der Waals surface area contributed by atoms with Gasteiger partial charge < -0.3 is 10.4 Å². The quantitative estimate of drug-likeness (QED) is 0.816. The Morgan fingerprint density at radius 3 is 2.74 bits per heavy atom. The Hall–Kier alpha value is -1.49. The first-order chi connectivity index (χ1) is 9.20. The van der Waals surface area contributed by atoms with Gasteiger partial charge in [0.2, 0.25) is 5.95 Å². The molecule has 104 valence electrons. The van der Waals surface area contributed by atoms with Crippen LogP contribution in [0.1, 0.15) is 36.0 Å². The van der Waals surface area contributed by atoms with Crippen LogP contribution in [0.2, 0.25) is 0 Å². The number of carbonyl (C=O) groups excluding carboxylic acids is 1. The van der Waals surface area contributed by atoms with Gasteiger partial charge in [0.15, 0.2) is 0 Å². The number of amides is 1. The van der Waals surface area contributed by atoms with Crippen LogP contribution in [-0.2, 0) is 0 Å². The summed E-state index contributed by atoms with van der Waals surface area (Å²) < 4.78 is 12.7. The van der Waals surface area contributed by atoms with E-state index in [1.54, 1.807) is 0 Å². The smallest absolute Gasteiger partial charge is 0.252 e. The molecular formula is C14H19FN2O2. The summed E-state index contributed by atoms with van der Waals surface area (Å²) in [6.45, 7) is 0.736. The van der Waals surface area contributed by atoms with Crippen molar-refractivity contribution < 1.29 is 14.3 Å². The summed E-state index contributed by atoms with van der Waals surface area (Å²) in [7, 11) is 0. The van der Waals surface area contributed by atoms with Crippen LogP contribution in [0.25, 0.3) is 0 Å². The molecule has 2 atom stereocenters. The van der Waals surface area contributed by atoms with E-state index in [0.717, 1.165) is 25.7 Å². The Morgan fingerprint density at radius 1 is 1.37 bits per heavy atom. The van der Waals surface area contributed by atoms with Crippen molar-refractivity contribution in [1.29, 1.82) is 0 Å². The van der Waals surface area contributed by atoms with Crippen molar-refractivity contribution in [3.05, 3.63) is 29.8 Å². The number of aliphatic hydroxyl groups excluding tert-OH is 1. The number of hydrogen-bond acceptors (Lipinski definition) is 3. The van der Waals surface area contributed by atoms with E-state index < -0.39 is 5.95 Å². The molecule has 5 heteroatoms. The highest BCUT2D eigenvalue weighted by Crippen LogP contribution is 2.29. The first-order valence-electron chi connectivity index (χ1n) is 6.71. The number of halogens is 1. The van der Waals surface area contributed by atoms with Gasteiger partial charge in [-0.1, -0.05) is 12.8 Å². The molecule has 0 aromatic carbocycles. The third-order valence-corrected chi connectivity index (χ3v) is 3.82. The van der Waals surface area contributed by atoms with E-state index in [0.29, 0.717) is 18.0 Å². The highest BCUT2D eigenvalue weighted by molar-refractivity contribution is 5.93. The summed E-state index contributed by atoms with van der Waals surface area (Å²) in [5, 5.41) is 12.1. The number of aromatic nitrogens is 1. The van der Waals surface area contributed by atoms with Gasteiger partial charge in [0.1, 0.15) is 0 Å². The van der Waals surface area contributed by atoms with Gasteiger partial charge in [-0.05, 0) is 36.8 Å². The molecule has 1 aromatic heterocycles. The fraction of sp³-hybridized carbons (Fsp3) is 0.571. The van der Waals surface area contributed by atoms with E-state index >= 15 is 0 Å². The first-order valence-corrected chi connectivity index (χ1v) is 6.71. The number of rotatable bonds is 4. The van der Waals surface area contributed by atoms with Gasteiger partial charge in [-0.2, -0.15) is 4.39 Å². The van der Waals surface area contributed by atoms with Crippen LogP contribution in [0.15, 0.2) is 18.3 Å². The molecule has 2 rings (SSSR count). The minimum atomic E-state index is -0.593. The second-order valence-electron chi connectivity index (χ2n) is 5.07. The Kier molecular flexibility index (Phi) is 4.85. The Balaban J connectivity index is 1.87. The number of pyridine rings is 1. The molecule has 0 spiro atoms. The molecule has 1 aliphatic rings. The van der Waals surface area contributed by atoms with Gasteiger partial charge in [0.25, 0.3) is 5.91 Å². The maximum atomic E-state index is 12.7. The number of carbonyl (C=O) groups is 1. The SMILES string of the molecule is O=C(NCC1CCCCC1CO)c1ccc(F)nc1. The molecule has 1 heterocycles. The van der Waals surface area contributed by atoms with Crippen LogP contribution >= 0.6 is 0 Å². The second-order valence-corrected chi connectivity index (χ2v) is 5.07. The molecule has 1 amide bonds. The zero-order valence-electron chi connectivity index (χ0n) is 10.8. The average molecular weight is 266 g/mol. The van der Waals surface area contributed by atoms with E-state index in [1.165, 1.54) is 18.3 Å². The first kappa shape index (κ1) is 13.9. The number of hydrogen-bond donors (Lipinski definition) is 2. The van der Waals surface area contributed by atoms with Crippen molar-refractivity contribution in [3.8, 4) is 0 Å². The predicted octanol–water partition coefficient (Wildman–Crippen LogP) is 1.75. The fourth-order valence-electron chi connectivity index (χ4n) is 2.63. The van der Waals surface area contributed by atoms with E-state index in [9.17, 15) is 14.3 Å². The lowest BCUT2D eigenvalue weighted by Gasteiger charge is -2.30. The summed E-state index contributed by atoms with van der Waals surface area (Å²) >= 11 is 0. The Morgan fingerprint density at radius 2 is 2.11 bits per heavy atom.